The maximum absolute atomic E-state index is 12.2. The number of halogens is 3. The molecule has 2 fully saturated rings. The van der Waals surface area contributed by atoms with Crippen LogP contribution in [-0.2, 0) is 122 Å². The molecule has 4 aliphatic rings. The van der Waals surface area contributed by atoms with Gasteiger partial charge in [0.2, 0.25) is 0 Å². The third kappa shape index (κ3) is 26.8. The van der Waals surface area contributed by atoms with Crippen LogP contribution < -0.4 is 51.0 Å². The quantitative estimate of drug-likeness (QED) is 0.123. The van der Waals surface area contributed by atoms with E-state index in [1.165, 1.54) is 75.9 Å². The Morgan fingerprint density at radius 3 is 0.820 bits per heavy atom. The van der Waals surface area contributed by atoms with Gasteiger partial charge in [-0.15, -0.1) is 0 Å². The summed E-state index contributed by atoms with van der Waals surface area (Å²) >= 11 is 0. The number of benzene rings is 2. The van der Waals surface area contributed by atoms with Crippen LogP contribution in [0.3, 0.4) is 0 Å². The van der Waals surface area contributed by atoms with E-state index >= 15 is 0 Å². The number of nitrogens with zero attached hydrogens (tertiary/aromatic N) is 34. The topological polar surface area (TPSA) is 450 Å². The van der Waals surface area contributed by atoms with Crippen molar-refractivity contribution in [2.24, 2.45) is 10.8 Å². The summed E-state index contributed by atoms with van der Waals surface area (Å²) in [6.45, 7) is 27.5. The van der Waals surface area contributed by atoms with Crippen molar-refractivity contribution in [2.45, 2.75) is 145 Å². The first-order valence-electron chi connectivity index (χ1n) is 46.5. The van der Waals surface area contributed by atoms with Gasteiger partial charge >= 0.3 is 112 Å². The van der Waals surface area contributed by atoms with E-state index in [9.17, 15) is 13.2 Å². The number of alkyl halides is 3. The Balaban J connectivity index is 0.000000149. The zero-order valence-corrected chi connectivity index (χ0v) is 94.5. The smallest absolute Gasteiger partial charge is 0.574 e. The van der Waals surface area contributed by atoms with Crippen LogP contribution in [0.5, 0.6) is 0 Å². The van der Waals surface area contributed by atoms with Gasteiger partial charge in [0.15, 0.2) is 0 Å². The summed E-state index contributed by atoms with van der Waals surface area (Å²) < 4.78 is 36.6. The molecular formula is C108H97F3N34Pt5. The van der Waals surface area contributed by atoms with Gasteiger partial charge in [0.1, 0.15) is 5.69 Å². The van der Waals surface area contributed by atoms with Crippen LogP contribution in [-0.4, -0.2) is 121 Å². The Morgan fingerprint density at radius 1 is 0.267 bits per heavy atom. The van der Waals surface area contributed by atoms with Crippen molar-refractivity contribution in [3.05, 3.63) is 361 Å². The number of hydrogen-bond donors (Lipinski definition) is 0. The van der Waals surface area contributed by atoms with Crippen LogP contribution in [0, 0.1) is 59.3 Å². The molecule has 0 N–H and O–H groups in total. The molecule has 34 nitrogen and oxygen atoms in total. The van der Waals surface area contributed by atoms with Gasteiger partial charge in [0.05, 0.1) is 46.6 Å². The number of pyridine rings is 8. The molecule has 770 valence electrons. The Morgan fingerprint density at radius 2 is 0.553 bits per heavy atom. The molecule has 0 spiro atoms. The minimum atomic E-state index is -4.46. The zero-order valence-electron chi connectivity index (χ0n) is 83.1. The first-order chi connectivity index (χ1) is 70.1. The van der Waals surface area contributed by atoms with E-state index in [2.05, 4.69) is 262 Å². The van der Waals surface area contributed by atoms with Crippen LogP contribution in [0.1, 0.15) is 147 Å². The fraction of sp³-hybridized carbons (Fsp3) is 0.222. The third-order valence-corrected chi connectivity index (χ3v) is 25.9. The summed E-state index contributed by atoms with van der Waals surface area (Å²) in [4.78, 5) is 58.2. The Hall–Kier alpha value is -14.5. The molecule has 4 aliphatic carbocycles. The maximum atomic E-state index is 12.2. The zero-order chi connectivity index (χ0) is 101. The predicted octanol–water partition coefficient (Wildman–Crippen LogP) is 18.4. The third-order valence-electron chi connectivity index (χ3n) is 25.9. The van der Waals surface area contributed by atoms with Gasteiger partial charge in [-0.3, -0.25) is 70.0 Å². The molecule has 4 bridgehead atoms. The van der Waals surface area contributed by atoms with Crippen LogP contribution in [0.15, 0.2) is 293 Å². The summed E-state index contributed by atoms with van der Waals surface area (Å²) in [5.41, 5.74) is 23.8. The fourth-order valence-electron chi connectivity index (χ4n) is 17.7. The fourth-order valence-corrected chi connectivity index (χ4v) is 17.7. The summed E-state index contributed by atoms with van der Waals surface area (Å²) in [7, 11) is 0. The second-order valence-corrected chi connectivity index (χ2v) is 36.0. The second kappa shape index (κ2) is 51.6. The van der Waals surface area contributed by atoms with E-state index in [1.54, 1.807) is 100 Å². The van der Waals surface area contributed by atoms with Crippen LogP contribution in [0.4, 0.5) is 13.2 Å². The Labute approximate surface area is 934 Å². The average Bonchev–Trinajstić information content (AvgIpc) is 1.52. The molecule has 22 aromatic rings. The molecule has 0 radical (unpaired) electrons. The molecule has 42 heteroatoms. The molecule has 0 amide bonds. The summed E-state index contributed by atoms with van der Waals surface area (Å²) in [6.07, 6.45) is 24.4. The number of aromatic nitrogens is 34. The van der Waals surface area contributed by atoms with Crippen LogP contribution >= 0.6 is 0 Å². The SMILES string of the molecule is CC12CCC(c3c1n[n-]c3-c1cc3ccccc3cn1)C2(C)C.CC12CCC(c3c1n[n-]c3-c1cc3ccccc3cn1)C2(C)C.Cc1cc(-c2ccccn2)[n-]n1.Cc1cc(-c2ccccn2)[n-]n1.Cc1cc(-c2ccccn2)[n-]n1.Cc1cc(-c2cnccn2)[n-]n1.Cc1cc(-c2cnccn2)[n-]n1.Cc1n[n-]c(-c2ccccn2)n1.Cc1n[n-]c(-c2ccccn2)n1.FC(F)(F)c1cc(-c2ccccn2)[n-]n1.[Pt+2].[Pt+2].[Pt+2].[Pt+2].[Pt+2]. The average molecular weight is 2900 g/mol. The molecule has 0 saturated heterocycles. The van der Waals surface area contributed by atoms with E-state index in [4.69, 9.17) is 0 Å². The normalized spacial score (nSPS) is 15.3. The van der Waals surface area contributed by atoms with Crippen molar-refractivity contribution in [1.29, 1.82) is 0 Å². The van der Waals surface area contributed by atoms with Crippen molar-refractivity contribution >= 4 is 21.5 Å². The van der Waals surface area contributed by atoms with E-state index in [1.807, 2.05) is 180 Å². The van der Waals surface area contributed by atoms with E-state index in [-0.39, 0.29) is 133 Å². The van der Waals surface area contributed by atoms with Gasteiger partial charge in [-0.05, 0) is 221 Å². The molecule has 26 rings (SSSR count). The summed E-state index contributed by atoms with van der Waals surface area (Å²) in [6, 6.07) is 64.7. The number of rotatable bonds is 10. The summed E-state index contributed by atoms with van der Waals surface area (Å²) in [5, 5.41) is 84.1. The van der Waals surface area contributed by atoms with Gasteiger partial charge < -0.3 is 102 Å². The molecular weight excluding hydrogens is 2810 g/mol. The van der Waals surface area contributed by atoms with Crippen molar-refractivity contribution in [1.82, 2.24) is 172 Å². The molecule has 20 heterocycles. The van der Waals surface area contributed by atoms with Gasteiger partial charge in [-0.2, -0.15) is 13.2 Å². The minimum Gasteiger partial charge on any atom is -0.574 e. The van der Waals surface area contributed by atoms with E-state index < -0.39 is 11.9 Å². The van der Waals surface area contributed by atoms with E-state index in [0.29, 0.717) is 40.8 Å². The van der Waals surface area contributed by atoms with Gasteiger partial charge in [-0.25, -0.2) is 0 Å². The molecule has 2 saturated carbocycles. The maximum Gasteiger partial charge on any atom is 2.00 e. The van der Waals surface area contributed by atoms with E-state index in [0.717, 1.165) is 126 Å². The van der Waals surface area contributed by atoms with Gasteiger partial charge in [0.25, 0.3) is 0 Å². The van der Waals surface area contributed by atoms with Crippen molar-refractivity contribution in [3.8, 4) is 114 Å². The van der Waals surface area contributed by atoms with Crippen molar-refractivity contribution in [3.63, 3.8) is 0 Å². The molecule has 20 aromatic heterocycles. The largest absolute Gasteiger partial charge is 2.00 e. The standard InChI is InChI=1S/2C20H20N3.C9H5F3N3.3C9H8N3.4C8H7N4.5Pt/c2*1-19(2)14-8-9-20(19,3)18-16(14)17(22-23-18)15-10-12-6-4-5-7-13(12)11-21-15;10-9(11,12)8-5-7(14-15-8)6-3-1-2-4-13-6;3*1-7-6-9(12-11-7)8-4-2-3-5-10-8;2*1-6-4-7(12-11-6)8-5-9-2-3-10-8;2*1-6-10-8(12-11-6)7-4-2-3-5-9-7;;;;;/h2*4-7,10-11,14H,8-9H2,1-3H3;1-5H;3*2-6H,1H3;4*2-5H,1H3;;;;;/q10*-1;5*+2. The number of hydrogen-bond acceptors (Lipinski definition) is 24. The minimum absolute atomic E-state index is 0. The monoisotopic (exact) mass is 2900 g/mol. The van der Waals surface area contributed by atoms with Crippen molar-refractivity contribution < 1.29 is 118 Å². The van der Waals surface area contributed by atoms with Gasteiger partial charge in [0, 0.05) is 170 Å². The molecule has 0 aliphatic heterocycles. The summed E-state index contributed by atoms with van der Waals surface area (Å²) in [5.74, 6) is 3.65. The Kier molecular flexibility index (Phi) is 39.3. The Bertz CT molecular complexity index is 7040. The van der Waals surface area contributed by atoms with Crippen molar-refractivity contribution in [2.75, 3.05) is 0 Å². The second-order valence-electron chi connectivity index (χ2n) is 36.0. The first-order valence-corrected chi connectivity index (χ1v) is 46.5. The number of aryl methyl sites for hydroxylation is 7. The van der Waals surface area contributed by atoms with Crippen LogP contribution in [0.2, 0.25) is 0 Å². The molecule has 4 unspecified atom stereocenters. The van der Waals surface area contributed by atoms with Gasteiger partial charge in [-0.1, -0.05) is 202 Å². The molecule has 150 heavy (non-hydrogen) atoms. The number of fused-ring (bicyclic) bond motifs is 12. The predicted molar refractivity (Wildman–Crippen MR) is 538 cm³/mol. The first kappa shape index (κ1) is 114. The molecule has 4 atom stereocenters. The van der Waals surface area contributed by atoms with Crippen LogP contribution in [0.25, 0.3) is 136 Å². The molecule has 2 aromatic carbocycles.